The second kappa shape index (κ2) is 7.34. The fourth-order valence-electron chi connectivity index (χ4n) is 2.02. The number of amides is 4. The minimum atomic E-state index is -1.11. The number of anilines is 1. The minimum Gasteiger partial charge on any atom is -0.338 e. The van der Waals surface area contributed by atoms with Crippen molar-refractivity contribution in [2.24, 2.45) is 10.9 Å². The quantitative estimate of drug-likeness (QED) is 0.574. The number of carbonyl (C=O) groups is 3. The normalized spacial score (nSPS) is 18.9. The van der Waals surface area contributed by atoms with E-state index in [1.807, 2.05) is 14.1 Å². The van der Waals surface area contributed by atoms with Crippen molar-refractivity contribution in [1.29, 1.82) is 0 Å². The highest BCUT2D eigenvalue weighted by Gasteiger charge is 2.40. The van der Waals surface area contributed by atoms with Gasteiger partial charge in [-0.05, 0) is 24.3 Å². The maximum Gasteiger partial charge on any atom is 0.335 e. The Bertz CT molecular complexity index is 643. The number of barbiturate groups is 1. The number of nitrogens with one attached hydrogen (secondary N) is 2. The summed E-state index contributed by atoms with van der Waals surface area (Å²) < 4.78 is 0. The maximum absolute atomic E-state index is 12.5. The molecule has 122 valence electrons. The molecule has 2 rings (SSSR count). The Kier molecular flexibility index (Phi) is 5.46. The summed E-state index contributed by atoms with van der Waals surface area (Å²) >= 11 is 5.80. The molecule has 0 saturated carbocycles. The number of carbonyl (C=O) groups excluding carboxylic acids is 3. The molecular formula is C15H18ClN4O3+. The lowest BCUT2D eigenvalue weighted by molar-refractivity contribution is -0.856. The van der Waals surface area contributed by atoms with E-state index in [2.05, 4.69) is 10.3 Å². The van der Waals surface area contributed by atoms with Gasteiger partial charge in [0.1, 0.15) is 0 Å². The average Bonchev–Trinajstić information content (AvgIpc) is 2.47. The van der Waals surface area contributed by atoms with E-state index in [1.54, 1.807) is 24.3 Å². The fourth-order valence-corrected chi connectivity index (χ4v) is 2.15. The van der Waals surface area contributed by atoms with Crippen LogP contribution in [0.5, 0.6) is 0 Å². The lowest BCUT2D eigenvalue weighted by atomic mass is 10.1. The smallest absolute Gasteiger partial charge is 0.335 e. The highest BCUT2D eigenvalue weighted by molar-refractivity contribution is 6.33. The zero-order valence-electron chi connectivity index (χ0n) is 12.9. The Balaban J connectivity index is 2.18. The van der Waals surface area contributed by atoms with Crippen molar-refractivity contribution in [2.75, 3.05) is 32.1 Å². The highest BCUT2D eigenvalue weighted by atomic mass is 35.5. The van der Waals surface area contributed by atoms with Crippen molar-refractivity contribution in [3.8, 4) is 0 Å². The van der Waals surface area contributed by atoms with Crippen molar-refractivity contribution >= 4 is 41.3 Å². The number of likely N-dealkylation sites (N-methyl/N-ethyl adjacent to an activating group) is 1. The van der Waals surface area contributed by atoms with Gasteiger partial charge in [-0.15, -0.1) is 0 Å². The molecule has 1 aromatic rings. The molecule has 1 fully saturated rings. The first-order valence-electron chi connectivity index (χ1n) is 7.13. The van der Waals surface area contributed by atoms with E-state index < -0.39 is 23.8 Å². The molecule has 0 bridgehead atoms. The van der Waals surface area contributed by atoms with Gasteiger partial charge in [0.2, 0.25) is 5.91 Å². The van der Waals surface area contributed by atoms with Crippen molar-refractivity contribution in [2.45, 2.75) is 0 Å². The summed E-state index contributed by atoms with van der Waals surface area (Å²) in [6, 6.07) is 5.44. The molecule has 23 heavy (non-hydrogen) atoms. The number of quaternary nitrogens is 1. The van der Waals surface area contributed by atoms with E-state index in [0.717, 1.165) is 11.4 Å². The van der Waals surface area contributed by atoms with Crippen LogP contribution < -0.4 is 15.1 Å². The monoisotopic (exact) mass is 337 g/mol. The van der Waals surface area contributed by atoms with E-state index in [4.69, 9.17) is 11.6 Å². The van der Waals surface area contributed by atoms with Crippen LogP contribution in [0.3, 0.4) is 0 Å². The summed E-state index contributed by atoms with van der Waals surface area (Å²) in [7, 11) is 3.96. The molecule has 0 aliphatic carbocycles. The molecule has 8 heteroatoms. The first-order valence-corrected chi connectivity index (χ1v) is 7.51. The zero-order valence-corrected chi connectivity index (χ0v) is 13.6. The second-order valence-electron chi connectivity index (χ2n) is 5.43. The van der Waals surface area contributed by atoms with E-state index in [9.17, 15) is 14.4 Å². The standard InChI is InChI=1S/C15H17ClN4O3/c1-19(2)8-7-17-9-12-13(21)18-15(23)20(14(12)22)11-5-3-10(16)4-6-11/h3-6,9,12H,7-8H2,1-2H3,(H,18,21,23)/p+1. The lowest BCUT2D eigenvalue weighted by Gasteiger charge is -2.28. The van der Waals surface area contributed by atoms with Crippen molar-refractivity contribution < 1.29 is 19.3 Å². The van der Waals surface area contributed by atoms with E-state index in [-0.39, 0.29) is 0 Å². The van der Waals surface area contributed by atoms with Crippen LogP contribution >= 0.6 is 11.6 Å². The second-order valence-corrected chi connectivity index (χ2v) is 5.87. The van der Waals surface area contributed by atoms with Gasteiger partial charge in [0, 0.05) is 11.2 Å². The van der Waals surface area contributed by atoms with Crippen LogP contribution in [0.15, 0.2) is 29.3 Å². The minimum absolute atomic E-state index is 0.348. The van der Waals surface area contributed by atoms with Gasteiger partial charge in [-0.1, -0.05) is 11.6 Å². The van der Waals surface area contributed by atoms with Crippen LogP contribution in [0.1, 0.15) is 0 Å². The van der Waals surface area contributed by atoms with Crippen LogP contribution in [0, 0.1) is 5.92 Å². The third-order valence-electron chi connectivity index (χ3n) is 3.28. The van der Waals surface area contributed by atoms with Gasteiger partial charge in [-0.3, -0.25) is 19.9 Å². The molecule has 1 atom stereocenters. The molecule has 1 aromatic carbocycles. The third-order valence-corrected chi connectivity index (χ3v) is 3.53. The first-order chi connectivity index (χ1) is 10.9. The van der Waals surface area contributed by atoms with E-state index >= 15 is 0 Å². The van der Waals surface area contributed by atoms with Crippen molar-refractivity contribution in [1.82, 2.24) is 5.32 Å². The number of rotatable bonds is 5. The van der Waals surface area contributed by atoms with Crippen LogP contribution in [0.25, 0.3) is 0 Å². The number of urea groups is 1. The molecule has 0 radical (unpaired) electrons. The number of benzene rings is 1. The van der Waals surface area contributed by atoms with E-state index in [1.165, 1.54) is 11.1 Å². The molecule has 1 unspecified atom stereocenters. The predicted molar refractivity (Wildman–Crippen MR) is 87.0 cm³/mol. The number of halogens is 1. The Morgan fingerprint density at radius 3 is 2.52 bits per heavy atom. The Morgan fingerprint density at radius 2 is 1.91 bits per heavy atom. The molecule has 1 aliphatic heterocycles. The van der Waals surface area contributed by atoms with Gasteiger partial charge in [0.05, 0.1) is 32.9 Å². The predicted octanol–water partition coefficient (Wildman–Crippen LogP) is -0.246. The zero-order chi connectivity index (χ0) is 17.0. The van der Waals surface area contributed by atoms with E-state index in [0.29, 0.717) is 17.3 Å². The van der Waals surface area contributed by atoms with Gasteiger partial charge < -0.3 is 4.90 Å². The fraction of sp³-hybridized carbons (Fsp3) is 0.333. The summed E-state index contributed by atoms with van der Waals surface area (Å²) in [5.74, 6) is -2.39. The highest BCUT2D eigenvalue weighted by Crippen LogP contribution is 2.22. The lowest BCUT2D eigenvalue weighted by Crippen LogP contribution is -3.06. The molecule has 4 amide bonds. The van der Waals surface area contributed by atoms with Gasteiger partial charge in [0.25, 0.3) is 5.91 Å². The molecule has 2 N–H and O–H groups in total. The number of aliphatic imine (C=N–C) groups is 1. The van der Waals surface area contributed by atoms with Crippen LogP contribution in [0.4, 0.5) is 10.5 Å². The molecule has 1 aliphatic rings. The molecule has 0 spiro atoms. The largest absolute Gasteiger partial charge is 0.338 e. The number of imide groups is 2. The Morgan fingerprint density at radius 1 is 1.26 bits per heavy atom. The summed E-state index contributed by atoms with van der Waals surface area (Å²) in [5, 5.41) is 2.66. The number of hydrogen-bond acceptors (Lipinski definition) is 4. The van der Waals surface area contributed by atoms with Crippen molar-refractivity contribution in [3.63, 3.8) is 0 Å². The topological polar surface area (TPSA) is 83.3 Å². The molecule has 1 heterocycles. The van der Waals surface area contributed by atoms with Gasteiger partial charge in [-0.2, -0.15) is 0 Å². The first kappa shape index (κ1) is 17.1. The Labute approximate surface area is 138 Å². The SMILES string of the molecule is C[NH+](C)CCN=CC1C(=O)NC(=O)N(c2ccc(Cl)cc2)C1=O. The molecular weight excluding hydrogens is 320 g/mol. The Hall–Kier alpha value is -2.25. The summed E-state index contributed by atoms with van der Waals surface area (Å²) in [4.78, 5) is 42.6. The molecule has 0 aromatic heterocycles. The molecule has 1 saturated heterocycles. The van der Waals surface area contributed by atoms with Gasteiger partial charge >= 0.3 is 6.03 Å². The third kappa shape index (κ3) is 4.14. The van der Waals surface area contributed by atoms with Crippen LogP contribution in [-0.2, 0) is 9.59 Å². The van der Waals surface area contributed by atoms with Crippen LogP contribution in [-0.4, -0.2) is 51.2 Å². The average molecular weight is 338 g/mol. The van der Waals surface area contributed by atoms with Gasteiger partial charge in [0.15, 0.2) is 5.92 Å². The number of nitrogens with zero attached hydrogens (tertiary/aromatic N) is 2. The number of hydrogen-bond donors (Lipinski definition) is 2. The van der Waals surface area contributed by atoms with Crippen molar-refractivity contribution in [3.05, 3.63) is 29.3 Å². The van der Waals surface area contributed by atoms with Crippen LogP contribution in [0.2, 0.25) is 5.02 Å². The molecule has 7 nitrogen and oxygen atoms in total. The summed E-state index contributed by atoms with van der Waals surface area (Å²) in [6.45, 7) is 1.27. The maximum atomic E-state index is 12.5. The van der Waals surface area contributed by atoms with Gasteiger partial charge in [-0.25, -0.2) is 9.69 Å². The summed E-state index contributed by atoms with van der Waals surface area (Å²) in [6.07, 6.45) is 1.30. The summed E-state index contributed by atoms with van der Waals surface area (Å²) in [5.41, 5.74) is 0.348.